The van der Waals surface area contributed by atoms with Gasteiger partial charge >= 0.3 is 0 Å². The largest absolute Gasteiger partial charge is 0.355 e. The van der Waals surface area contributed by atoms with Crippen LogP contribution in [0.1, 0.15) is 39.5 Å². The van der Waals surface area contributed by atoms with Crippen molar-refractivity contribution in [1.82, 2.24) is 15.5 Å². The lowest BCUT2D eigenvalue weighted by Crippen LogP contribution is -2.46. The number of likely N-dealkylation sites (tertiary alicyclic amines) is 1. The van der Waals surface area contributed by atoms with Gasteiger partial charge in [-0.3, -0.25) is 9.89 Å². The number of rotatable bonds is 8. The topological polar surface area (TPSA) is 73.8 Å². The van der Waals surface area contributed by atoms with E-state index in [1.807, 2.05) is 0 Å². The van der Waals surface area contributed by atoms with Crippen LogP contribution in [0.5, 0.6) is 0 Å². The van der Waals surface area contributed by atoms with Crippen molar-refractivity contribution in [3.63, 3.8) is 0 Å². The molecular formula is C15H32N4O2S. The molecule has 0 aromatic carbocycles. The Hall–Kier alpha value is -0.820. The van der Waals surface area contributed by atoms with Gasteiger partial charge in [-0.15, -0.1) is 0 Å². The maximum absolute atomic E-state index is 11.5. The molecular weight excluding hydrogens is 300 g/mol. The summed E-state index contributed by atoms with van der Waals surface area (Å²) in [7, 11) is -1.22. The fourth-order valence-electron chi connectivity index (χ4n) is 2.82. The first kappa shape index (κ1) is 19.2. The molecule has 1 heterocycles. The predicted molar refractivity (Wildman–Crippen MR) is 93.2 cm³/mol. The summed E-state index contributed by atoms with van der Waals surface area (Å²) in [6.07, 6.45) is 5.15. The fraction of sp³-hybridized carbons (Fsp3) is 0.933. The molecule has 22 heavy (non-hydrogen) atoms. The average molecular weight is 333 g/mol. The molecule has 0 radical (unpaired) electrons. The highest BCUT2D eigenvalue weighted by molar-refractivity contribution is 7.91. The van der Waals surface area contributed by atoms with Crippen molar-refractivity contribution >= 4 is 15.8 Å². The third-order valence-electron chi connectivity index (χ3n) is 4.28. The molecule has 0 bridgehead atoms. The fourth-order valence-corrected chi connectivity index (χ4v) is 3.53. The second-order valence-electron chi connectivity index (χ2n) is 5.76. The Morgan fingerprint density at radius 3 is 2.59 bits per heavy atom. The van der Waals surface area contributed by atoms with Gasteiger partial charge in [-0.05, 0) is 25.8 Å². The molecule has 130 valence electrons. The van der Waals surface area contributed by atoms with Gasteiger partial charge in [-0.25, -0.2) is 8.42 Å². The van der Waals surface area contributed by atoms with Crippen LogP contribution < -0.4 is 10.6 Å². The van der Waals surface area contributed by atoms with Crippen molar-refractivity contribution in [2.45, 2.75) is 45.6 Å². The zero-order chi connectivity index (χ0) is 16.4. The molecule has 0 saturated carbocycles. The second kappa shape index (κ2) is 10.0. The summed E-state index contributed by atoms with van der Waals surface area (Å²) >= 11 is 0. The molecule has 1 atom stereocenters. The van der Waals surface area contributed by atoms with Crippen molar-refractivity contribution in [2.75, 3.05) is 44.7 Å². The number of aliphatic imine (C=N–C) groups is 1. The Morgan fingerprint density at radius 1 is 1.23 bits per heavy atom. The third-order valence-corrected chi connectivity index (χ3v) is 5.99. The van der Waals surface area contributed by atoms with E-state index in [0.29, 0.717) is 18.5 Å². The zero-order valence-corrected chi connectivity index (χ0v) is 15.1. The Bertz CT molecular complexity index is 437. The Labute approximate surface area is 135 Å². The van der Waals surface area contributed by atoms with Crippen molar-refractivity contribution in [2.24, 2.45) is 4.99 Å². The van der Waals surface area contributed by atoms with Crippen LogP contribution in [-0.4, -0.2) is 70.1 Å². The van der Waals surface area contributed by atoms with Gasteiger partial charge in [-0.1, -0.05) is 20.3 Å². The number of nitrogens with zero attached hydrogens (tertiary/aromatic N) is 2. The van der Waals surface area contributed by atoms with Crippen LogP contribution in [0.4, 0.5) is 0 Å². The van der Waals surface area contributed by atoms with Crippen LogP contribution in [0.3, 0.4) is 0 Å². The normalized spacial score (nSPS) is 20.9. The molecule has 0 spiro atoms. The minimum Gasteiger partial charge on any atom is -0.355 e. The summed E-state index contributed by atoms with van der Waals surface area (Å²) in [5.41, 5.74) is 0. The van der Waals surface area contributed by atoms with Gasteiger partial charge in [0.05, 0.1) is 5.75 Å². The van der Waals surface area contributed by atoms with Gasteiger partial charge < -0.3 is 10.6 Å². The van der Waals surface area contributed by atoms with Crippen molar-refractivity contribution in [3.8, 4) is 0 Å². The minimum absolute atomic E-state index is 0.147. The monoisotopic (exact) mass is 332 g/mol. The van der Waals surface area contributed by atoms with Crippen molar-refractivity contribution in [1.29, 1.82) is 0 Å². The lowest BCUT2D eigenvalue weighted by atomic mass is 10.0. The first-order chi connectivity index (χ1) is 10.5. The van der Waals surface area contributed by atoms with E-state index in [-0.39, 0.29) is 11.5 Å². The summed E-state index contributed by atoms with van der Waals surface area (Å²) in [5, 5.41) is 6.33. The maximum atomic E-state index is 11.5. The molecule has 1 saturated heterocycles. The van der Waals surface area contributed by atoms with Crippen LogP contribution >= 0.6 is 0 Å². The van der Waals surface area contributed by atoms with E-state index in [2.05, 4.69) is 27.4 Å². The molecule has 0 aliphatic carbocycles. The van der Waals surface area contributed by atoms with Gasteiger partial charge in [0.15, 0.2) is 15.8 Å². The third kappa shape index (κ3) is 6.96. The molecule has 0 aromatic rings. The number of piperidine rings is 1. The van der Waals surface area contributed by atoms with Crippen LogP contribution in [0.15, 0.2) is 4.99 Å². The van der Waals surface area contributed by atoms with E-state index in [1.165, 1.54) is 32.2 Å². The van der Waals surface area contributed by atoms with Gasteiger partial charge in [0.2, 0.25) is 0 Å². The molecule has 0 aromatic heterocycles. The predicted octanol–water partition coefficient (Wildman–Crippen LogP) is 0.851. The standard InChI is InChI=1S/C15H32N4O2S/c1-4-14-8-6-7-11-19(14)12-9-17-15(16-3)18-10-13-22(20,21)5-2/h14H,4-13H2,1-3H3,(H2,16,17,18). The molecule has 1 aliphatic rings. The van der Waals surface area contributed by atoms with E-state index in [0.717, 1.165) is 13.1 Å². The summed E-state index contributed by atoms with van der Waals surface area (Å²) < 4.78 is 22.9. The van der Waals surface area contributed by atoms with Crippen LogP contribution in [0, 0.1) is 0 Å². The zero-order valence-electron chi connectivity index (χ0n) is 14.3. The SMILES string of the molecule is CCC1CCCCN1CCNC(=NC)NCCS(=O)(=O)CC. The molecule has 1 rings (SSSR count). The summed E-state index contributed by atoms with van der Waals surface area (Å²) in [6, 6.07) is 0.709. The first-order valence-electron chi connectivity index (χ1n) is 8.41. The number of guanidine groups is 1. The summed E-state index contributed by atoms with van der Waals surface area (Å²) in [6.45, 7) is 7.34. The molecule has 1 aliphatic heterocycles. The van der Waals surface area contributed by atoms with E-state index >= 15 is 0 Å². The Kier molecular flexibility index (Phi) is 8.78. The highest BCUT2D eigenvalue weighted by atomic mass is 32.2. The average Bonchev–Trinajstić information content (AvgIpc) is 2.53. The number of hydrogen-bond acceptors (Lipinski definition) is 4. The molecule has 0 amide bonds. The van der Waals surface area contributed by atoms with Gasteiger partial charge in [0.1, 0.15) is 0 Å². The summed E-state index contributed by atoms with van der Waals surface area (Å²) in [5.74, 6) is 1.01. The Morgan fingerprint density at radius 2 is 1.95 bits per heavy atom. The van der Waals surface area contributed by atoms with Gasteiger partial charge in [0, 0.05) is 38.5 Å². The van der Waals surface area contributed by atoms with Gasteiger partial charge in [-0.2, -0.15) is 0 Å². The molecule has 2 N–H and O–H groups in total. The number of sulfone groups is 1. The molecule has 1 fully saturated rings. The highest BCUT2D eigenvalue weighted by Crippen LogP contribution is 2.18. The molecule has 6 nitrogen and oxygen atoms in total. The lowest BCUT2D eigenvalue weighted by Gasteiger charge is -2.35. The van der Waals surface area contributed by atoms with Crippen molar-refractivity contribution < 1.29 is 8.42 Å². The summed E-state index contributed by atoms with van der Waals surface area (Å²) in [4.78, 5) is 6.68. The van der Waals surface area contributed by atoms with Gasteiger partial charge in [0.25, 0.3) is 0 Å². The Balaban J connectivity index is 2.26. The van der Waals surface area contributed by atoms with E-state index in [1.54, 1.807) is 14.0 Å². The number of hydrogen-bond donors (Lipinski definition) is 2. The number of nitrogens with one attached hydrogen (secondary N) is 2. The minimum atomic E-state index is -2.93. The smallest absolute Gasteiger partial charge is 0.191 e. The first-order valence-corrected chi connectivity index (χ1v) is 10.2. The van der Waals surface area contributed by atoms with Crippen LogP contribution in [0.2, 0.25) is 0 Å². The van der Waals surface area contributed by atoms with E-state index in [4.69, 9.17) is 0 Å². The van der Waals surface area contributed by atoms with E-state index in [9.17, 15) is 8.42 Å². The highest BCUT2D eigenvalue weighted by Gasteiger charge is 2.19. The van der Waals surface area contributed by atoms with E-state index < -0.39 is 9.84 Å². The molecule has 7 heteroatoms. The van der Waals surface area contributed by atoms with Crippen LogP contribution in [-0.2, 0) is 9.84 Å². The maximum Gasteiger partial charge on any atom is 0.191 e. The lowest BCUT2D eigenvalue weighted by molar-refractivity contribution is 0.147. The quantitative estimate of drug-likeness (QED) is 0.509. The molecule has 1 unspecified atom stereocenters. The second-order valence-corrected chi connectivity index (χ2v) is 8.23. The van der Waals surface area contributed by atoms with Crippen LogP contribution in [0.25, 0.3) is 0 Å². The van der Waals surface area contributed by atoms with Crippen molar-refractivity contribution in [3.05, 3.63) is 0 Å².